The lowest BCUT2D eigenvalue weighted by molar-refractivity contribution is -0.385. The van der Waals surface area contributed by atoms with E-state index in [0.29, 0.717) is 37.8 Å². The Labute approximate surface area is 162 Å². The molecule has 1 fully saturated rings. The van der Waals surface area contributed by atoms with Crippen LogP contribution >= 0.6 is 0 Å². The van der Waals surface area contributed by atoms with Gasteiger partial charge in [0.2, 0.25) is 0 Å². The quantitative estimate of drug-likeness (QED) is 0.443. The average Bonchev–Trinajstić information content (AvgIpc) is 2.66. The summed E-state index contributed by atoms with van der Waals surface area (Å²) in [6.07, 6.45) is -4.85. The van der Waals surface area contributed by atoms with Crippen molar-refractivity contribution in [1.29, 1.82) is 0 Å². The third-order valence-corrected chi connectivity index (χ3v) is 4.53. The third-order valence-electron chi connectivity index (χ3n) is 4.53. The maximum absolute atomic E-state index is 14.2. The standard InChI is InChI=1S/C18H17F4N3O4/c19-15-10-12(25(27)28)9-14(17(15)26)16(24-7-5-23-6-8-24)11-1-3-13(4-2-11)29-18(20,21)22/h1-4,9-10,16,23,26H,5-8H2/t16-/m1/s1. The molecule has 0 radical (unpaired) electrons. The van der Waals surface area contributed by atoms with Crippen molar-refractivity contribution in [2.45, 2.75) is 12.4 Å². The number of piperazine rings is 1. The first-order valence-electron chi connectivity index (χ1n) is 8.63. The predicted octanol–water partition coefficient (Wildman–Crippen LogP) is 3.33. The Morgan fingerprint density at radius 1 is 1.17 bits per heavy atom. The number of phenols is 1. The van der Waals surface area contributed by atoms with Crippen LogP contribution in [-0.2, 0) is 0 Å². The Kier molecular flexibility index (Phi) is 5.89. The number of nitrogens with one attached hydrogen (secondary N) is 1. The number of alkyl halides is 3. The zero-order valence-corrected chi connectivity index (χ0v) is 14.9. The number of non-ortho nitro benzene ring substituents is 1. The SMILES string of the molecule is O=[N+]([O-])c1cc(F)c(O)c([C@@H](c2ccc(OC(F)(F)F)cc2)N2CCNCC2)c1. The minimum atomic E-state index is -4.85. The van der Waals surface area contributed by atoms with E-state index in [-0.39, 0.29) is 5.56 Å². The number of hydrogen-bond acceptors (Lipinski definition) is 6. The highest BCUT2D eigenvalue weighted by Crippen LogP contribution is 2.39. The molecule has 1 atom stereocenters. The van der Waals surface area contributed by atoms with Crippen molar-refractivity contribution < 1.29 is 32.3 Å². The molecule has 2 N–H and O–H groups in total. The molecule has 0 saturated carbocycles. The van der Waals surface area contributed by atoms with Crippen LogP contribution < -0.4 is 10.1 Å². The lowest BCUT2D eigenvalue weighted by Crippen LogP contribution is -2.45. The summed E-state index contributed by atoms with van der Waals surface area (Å²) >= 11 is 0. The molecule has 1 saturated heterocycles. The van der Waals surface area contributed by atoms with Gasteiger partial charge in [0.25, 0.3) is 5.69 Å². The van der Waals surface area contributed by atoms with Gasteiger partial charge in [-0.05, 0) is 17.7 Å². The van der Waals surface area contributed by atoms with Crippen LogP contribution in [0.2, 0.25) is 0 Å². The first kappa shape index (κ1) is 20.8. The monoisotopic (exact) mass is 415 g/mol. The van der Waals surface area contributed by atoms with Gasteiger partial charge in [-0.25, -0.2) is 4.39 Å². The topological polar surface area (TPSA) is 87.9 Å². The Balaban J connectivity index is 2.05. The Morgan fingerprint density at radius 3 is 2.34 bits per heavy atom. The second-order valence-corrected chi connectivity index (χ2v) is 6.43. The molecule has 0 bridgehead atoms. The van der Waals surface area contributed by atoms with Crippen LogP contribution in [-0.4, -0.2) is 47.5 Å². The van der Waals surface area contributed by atoms with Crippen LogP contribution in [0.5, 0.6) is 11.5 Å². The number of benzene rings is 2. The molecular formula is C18H17F4N3O4. The number of aromatic hydroxyl groups is 1. The number of nitro benzene ring substituents is 1. The zero-order chi connectivity index (χ0) is 21.2. The highest BCUT2D eigenvalue weighted by Gasteiger charge is 2.32. The molecule has 2 aromatic rings. The normalized spacial score (nSPS) is 16.4. The molecule has 1 aliphatic rings. The molecule has 7 nitrogen and oxygen atoms in total. The molecule has 1 heterocycles. The molecule has 0 unspecified atom stereocenters. The summed E-state index contributed by atoms with van der Waals surface area (Å²) in [7, 11) is 0. The molecule has 1 aliphatic heterocycles. The van der Waals surface area contributed by atoms with E-state index < -0.39 is 40.3 Å². The highest BCUT2D eigenvalue weighted by atomic mass is 19.4. The van der Waals surface area contributed by atoms with E-state index >= 15 is 0 Å². The van der Waals surface area contributed by atoms with Gasteiger partial charge in [0.05, 0.1) is 17.0 Å². The van der Waals surface area contributed by atoms with Gasteiger partial charge in [-0.15, -0.1) is 13.2 Å². The Morgan fingerprint density at radius 2 is 1.79 bits per heavy atom. The molecule has 29 heavy (non-hydrogen) atoms. The van der Waals surface area contributed by atoms with Crippen LogP contribution in [0.25, 0.3) is 0 Å². The maximum atomic E-state index is 14.2. The fourth-order valence-corrected chi connectivity index (χ4v) is 3.30. The molecule has 0 spiro atoms. The third kappa shape index (κ3) is 4.93. The van der Waals surface area contributed by atoms with Crippen molar-refractivity contribution in [1.82, 2.24) is 10.2 Å². The van der Waals surface area contributed by atoms with E-state index in [1.165, 1.54) is 12.1 Å². The van der Waals surface area contributed by atoms with Crippen LogP contribution in [0.4, 0.5) is 23.2 Å². The van der Waals surface area contributed by atoms with Gasteiger partial charge in [0.15, 0.2) is 11.6 Å². The Bertz CT molecular complexity index is 884. The summed E-state index contributed by atoms with van der Waals surface area (Å²) in [6.45, 7) is 2.14. The summed E-state index contributed by atoms with van der Waals surface area (Å²) in [5, 5.41) is 24.5. The number of nitrogens with zero attached hydrogens (tertiary/aromatic N) is 2. The van der Waals surface area contributed by atoms with Crippen molar-refractivity contribution in [2.75, 3.05) is 26.2 Å². The van der Waals surface area contributed by atoms with Gasteiger partial charge in [0.1, 0.15) is 5.75 Å². The molecule has 0 aromatic heterocycles. The van der Waals surface area contributed by atoms with E-state index in [9.17, 15) is 32.8 Å². The number of rotatable bonds is 5. The number of ether oxygens (including phenoxy) is 1. The van der Waals surface area contributed by atoms with Crippen molar-refractivity contribution in [3.8, 4) is 11.5 Å². The van der Waals surface area contributed by atoms with Crippen LogP contribution in [0.1, 0.15) is 17.2 Å². The van der Waals surface area contributed by atoms with Gasteiger partial charge in [-0.3, -0.25) is 15.0 Å². The summed E-state index contributed by atoms with van der Waals surface area (Å²) in [4.78, 5) is 12.2. The first-order chi connectivity index (χ1) is 13.7. The van der Waals surface area contributed by atoms with Crippen LogP contribution in [0.15, 0.2) is 36.4 Å². The minimum Gasteiger partial charge on any atom is -0.505 e. The molecule has 0 aliphatic carbocycles. The summed E-state index contributed by atoms with van der Waals surface area (Å²) in [6, 6.07) is 5.80. The van der Waals surface area contributed by atoms with Crippen molar-refractivity contribution >= 4 is 5.69 Å². The maximum Gasteiger partial charge on any atom is 0.573 e. The zero-order valence-electron chi connectivity index (χ0n) is 14.9. The molecule has 156 valence electrons. The molecule has 0 amide bonds. The van der Waals surface area contributed by atoms with Crippen molar-refractivity contribution in [2.24, 2.45) is 0 Å². The van der Waals surface area contributed by atoms with E-state index in [4.69, 9.17) is 0 Å². The number of halogens is 4. The average molecular weight is 415 g/mol. The number of nitro groups is 1. The fraction of sp³-hybridized carbons (Fsp3) is 0.333. The lowest BCUT2D eigenvalue weighted by Gasteiger charge is -2.35. The van der Waals surface area contributed by atoms with E-state index in [0.717, 1.165) is 18.2 Å². The summed E-state index contributed by atoms with van der Waals surface area (Å²) in [5.74, 6) is -2.32. The smallest absolute Gasteiger partial charge is 0.505 e. The predicted molar refractivity (Wildman–Crippen MR) is 94.1 cm³/mol. The number of phenolic OH excluding ortho intramolecular Hbond substituents is 1. The molecule has 3 rings (SSSR count). The van der Waals surface area contributed by atoms with Crippen LogP contribution in [0, 0.1) is 15.9 Å². The fourth-order valence-electron chi connectivity index (χ4n) is 3.30. The second kappa shape index (κ2) is 8.21. The Hall–Kier alpha value is -2.92. The van der Waals surface area contributed by atoms with Crippen LogP contribution in [0.3, 0.4) is 0 Å². The van der Waals surface area contributed by atoms with Gasteiger partial charge in [-0.2, -0.15) is 0 Å². The highest BCUT2D eigenvalue weighted by molar-refractivity contribution is 5.49. The van der Waals surface area contributed by atoms with E-state index in [1.54, 1.807) is 0 Å². The van der Waals surface area contributed by atoms with Gasteiger partial charge >= 0.3 is 6.36 Å². The van der Waals surface area contributed by atoms with Gasteiger partial charge in [0, 0.05) is 37.8 Å². The lowest BCUT2D eigenvalue weighted by atomic mass is 9.94. The second-order valence-electron chi connectivity index (χ2n) is 6.43. The van der Waals surface area contributed by atoms with E-state index in [1.807, 2.05) is 4.90 Å². The first-order valence-corrected chi connectivity index (χ1v) is 8.63. The van der Waals surface area contributed by atoms with Gasteiger partial charge < -0.3 is 15.2 Å². The van der Waals surface area contributed by atoms with Crippen molar-refractivity contribution in [3.05, 3.63) is 63.5 Å². The largest absolute Gasteiger partial charge is 0.573 e. The summed E-state index contributed by atoms with van der Waals surface area (Å²) in [5.41, 5.74) is -0.146. The molecule has 11 heteroatoms. The van der Waals surface area contributed by atoms with Crippen molar-refractivity contribution in [3.63, 3.8) is 0 Å². The minimum absolute atomic E-state index is 0.0388. The molecular weight excluding hydrogens is 398 g/mol. The van der Waals surface area contributed by atoms with E-state index in [2.05, 4.69) is 10.1 Å². The summed E-state index contributed by atoms with van der Waals surface area (Å²) < 4.78 is 55.2. The number of hydrogen-bond donors (Lipinski definition) is 2. The molecule has 2 aromatic carbocycles. The van der Waals surface area contributed by atoms with Gasteiger partial charge in [-0.1, -0.05) is 12.1 Å².